The van der Waals surface area contributed by atoms with Gasteiger partial charge in [0.1, 0.15) is 0 Å². The zero-order chi connectivity index (χ0) is 19.8. The second-order valence-electron chi connectivity index (χ2n) is 6.61. The summed E-state index contributed by atoms with van der Waals surface area (Å²) in [6.45, 7) is 5.27. The minimum Gasteiger partial charge on any atom is -0.370 e. The van der Waals surface area contributed by atoms with Crippen molar-refractivity contribution in [1.82, 2.24) is 14.9 Å². The van der Waals surface area contributed by atoms with Crippen LogP contribution in [0.3, 0.4) is 0 Å². The fraction of sp³-hybridized carbons (Fsp3) is 0.400. The van der Waals surface area contributed by atoms with Gasteiger partial charge in [0, 0.05) is 50.7 Å². The highest BCUT2D eigenvalue weighted by atomic mass is 16.2. The molecular formula is C20H27N7O. The van der Waals surface area contributed by atoms with E-state index in [1.165, 1.54) is 5.56 Å². The summed E-state index contributed by atoms with van der Waals surface area (Å²) in [6, 6.07) is 9.84. The first kappa shape index (κ1) is 19.6. The maximum absolute atomic E-state index is 12.4. The minimum absolute atomic E-state index is 0.0955. The first-order valence-corrected chi connectivity index (χ1v) is 9.61. The number of guanidine groups is 1. The van der Waals surface area contributed by atoms with Crippen molar-refractivity contribution in [3.63, 3.8) is 0 Å². The number of aliphatic imine (C=N–C) groups is 1. The summed E-state index contributed by atoms with van der Waals surface area (Å²) in [6.07, 6.45) is 4.77. The largest absolute Gasteiger partial charge is 0.370 e. The van der Waals surface area contributed by atoms with Crippen LogP contribution in [0.4, 0.5) is 11.6 Å². The molecule has 0 aliphatic carbocycles. The number of carbonyl (C=O) groups is 1. The molecular weight excluding hydrogens is 354 g/mol. The molecule has 0 saturated carbocycles. The van der Waals surface area contributed by atoms with Gasteiger partial charge in [-0.05, 0) is 30.2 Å². The summed E-state index contributed by atoms with van der Waals surface area (Å²) in [5.41, 5.74) is 8.08. The van der Waals surface area contributed by atoms with Crippen molar-refractivity contribution in [1.29, 1.82) is 0 Å². The Bertz CT molecular complexity index is 801. The third-order valence-corrected chi connectivity index (χ3v) is 4.68. The lowest BCUT2D eigenvalue weighted by atomic mass is 10.1. The van der Waals surface area contributed by atoms with Crippen LogP contribution < -0.4 is 16.0 Å². The fourth-order valence-corrected chi connectivity index (χ4v) is 3.10. The number of hydrogen-bond acceptors (Lipinski definition) is 5. The Hall–Kier alpha value is -3.16. The van der Waals surface area contributed by atoms with E-state index in [0.29, 0.717) is 38.0 Å². The molecule has 8 nitrogen and oxygen atoms in total. The molecule has 3 N–H and O–H groups in total. The lowest BCUT2D eigenvalue weighted by Crippen LogP contribution is -2.49. The number of carbonyl (C=O) groups excluding carboxylic acids is 1. The van der Waals surface area contributed by atoms with Crippen molar-refractivity contribution in [3.8, 4) is 0 Å². The molecule has 1 aromatic carbocycles. The number of aryl methyl sites for hydroxylation is 1. The van der Waals surface area contributed by atoms with Crippen LogP contribution in [0, 0.1) is 0 Å². The number of nitrogens with zero attached hydrogens (tertiary/aromatic N) is 5. The molecule has 0 unspecified atom stereocenters. The maximum atomic E-state index is 12.4. The molecule has 0 radical (unpaired) electrons. The van der Waals surface area contributed by atoms with E-state index in [-0.39, 0.29) is 5.91 Å². The molecule has 1 saturated heterocycles. The summed E-state index contributed by atoms with van der Waals surface area (Å²) in [7, 11) is 0. The van der Waals surface area contributed by atoms with E-state index in [4.69, 9.17) is 5.73 Å². The Labute approximate surface area is 165 Å². The number of hydrogen-bond donors (Lipinski definition) is 2. The number of aromatic nitrogens is 2. The zero-order valence-electron chi connectivity index (χ0n) is 16.2. The van der Waals surface area contributed by atoms with E-state index < -0.39 is 0 Å². The molecule has 1 aliphatic heterocycles. The normalized spacial score (nSPS) is 14.8. The van der Waals surface area contributed by atoms with Crippen molar-refractivity contribution >= 4 is 23.5 Å². The van der Waals surface area contributed by atoms with Gasteiger partial charge in [0.15, 0.2) is 5.96 Å². The fourth-order valence-electron chi connectivity index (χ4n) is 3.10. The van der Waals surface area contributed by atoms with Gasteiger partial charge in [-0.2, -0.15) is 0 Å². The molecule has 1 aromatic heterocycles. The highest BCUT2D eigenvalue weighted by Crippen LogP contribution is 2.12. The molecule has 2 heterocycles. The van der Waals surface area contributed by atoms with E-state index >= 15 is 0 Å². The number of anilines is 2. The van der Waals surface area contributed by atoms with Crippen LogP contribution in [0.1, 0.15) is 18.9 Å². The number of nitrogens with two attached hydrogens (primary N) is 1. The zero-order valence-corrected chi connectivity index (χ0v) is 16.2. The van der Waals surface area contributed by atoms with Crippen LogP contribution in [-0.4, -0.2) is 59.5 Å². The highest BCUT2D eigenvalue weighted by molar-refractivity contribution is 5.92. The second-order valence-corrected chi connectivity index (χ2v) is 6.61. The van der Waals surface area contributed by atoms with E-state index in [0.717, 1.165) is 25.2 Å². The lowest BCUT2D eigenvalue weighted by Gasteiger charge is -2.34. The molecule has 0 atom stereocenters. The first-order chi connectivity index (χ1) is 13.7. The Morgan fingerprint density at radius 2 is 1.93 bits per heavy atom. The van der Waals surface area contributed by atoms with Gasteiger partial charge in [-0.15, -0.1) is 0 Å². The van der Waals surface area contributed by atoms with Crippen molar-refractivity contribution in [3.05, 3.63) is 48.3 Å². The van der Waals surface area contributed by atoms with E-state index in [9.17, 15) is 4.79 Å². The summed E-state index contributed by atoms with van der Waals surface area (Å²) >= 11 is 0. The molecule has 0 bridgehead atoms. The monoisotopic (exact) mass is 381 g/mol. The van der Waals surface area contributed by atoms with Crippen LogP contribution >= 0.6 is 0 Å². The van der Waals surface area contributed by atoms with Gasteiger partial charge < -0.3 is 20.9 Å². The first-order valence-electron chi connectivity index (χ1n) is 9.61. The molecule has 2 aromatic rings. The van der Waals surface area contributed by atoms with Gasteiger partial charge in [-0.25, -0.2) is 9.97 Å². The third kappa shape index (κ3) is 5.42. The molecule has 28 heavy (non-hydrogen) atoms. The number of amides is 1. The van der Waals surface area contributed by atoms with Gasteiger partial charge >= 0.3 is 0 Å². The smallest absolute Gasteiger partial charge is 0.225 e. The minimum atomic E-state index is 0.0955. The van der Waals surface area contributed by atoms with E-state index in [1.807, 2.05) is 23.1 Å². The quantitative estimate of drug-likeness (QED) is 0.581. The number of benzene rings is 1. The Morgan fingerprint density at radius 3 is 2.64 bits per heavy atom. The standard InChI is InChI=1S/C20H27N7O/c1-2-16-5-3-6-17(15-16)25-19(21)22-10-7-18(28)26-11-13-27(14-12-26)20-23-8-4-9-24-20/h3-6,8-9,15H,2,7,10-14H2,1H3,(H3,21,22,25). The molecule has 1 aliphatic rings. The molecule has 1 fully saturated rings. The SMILES string of the molecule is CCc1cccc(NC(N)=NCCC(=O)N2CCN(c3ncccn3)CC2)c1. The summed E-state index contributed by atoms with van der Waals surface area (Å²) < 4.78 is 0. The Kier molecular flexibility index (Phi) is 6.78. The average Bonchev–Trinajstić information content (AvgIpc) is 2.74. The molecule has 8 heteroatoms. The predicted molar refractivity (Wildman–Crippen MR) is 111 cm³/mol. The predicted octanol–water partition coefficient (Wildman–Crippen LogP) is 1.50. The van der Waals surface area contributed by atoms with Crippen molar-refractivity contribution in [2.45, 2.75) is 19.8 Å². The van der Waals surface area contributed by atoms with Gasteiger partial charge in [-0.3, -0.25) is 9.79 Å². The summed E-state index contributed by atoms with van der Waals surface area (Å²) in [4.78, 5) is 29.2. The number of piperazine rings is 1. The van der Waals surface area contributed by atoms with Gasteiger partial charge in [0.05, 0.1) is 6.54 Å². The topological polar surface area (TPSA) is 99.7 Å². The van der Waals surface area contributed by atoms with E-state index in [1.54, 1.807) is 18.5 Å². The third-order valence-electron chi connectivity index (χ3n) is 4.68. The number of nitrogens with one attached hydrogen (secondary N) is 1. The molecule has 148 valence electrons. The van der Waals surface area contributed by atoms with Gasteiger partial charge in [0.2, 0.25) is 11.9 Å². The van der Waals surface area contributed by atoms with Crippen molar-refractivity contribution in [2.24, 2.45) is 10.7 Å². The Morgan fingerprint density at radius 1 is 1.18 bits per heavy atom. The van der Waals surface area contributed by atoms with Crippen LogP contribution in [0.25, 0.3) is 0 Å². The summed E-state index contributed by atoms with van der Waals surface area (Å²) in [5.74, 6) is 1.13. The molecule has 1 amide bonds. The molecule has 0 spiro atoms. The summed E-state index contributed by atoms with van der Waals surface area (Å²) in [5, 5.41) is 3.08. The van der Waals surface area contributed by atoms with Crippen LogP contribution in [-0.2, 0) is 11.2 Å². The van der Waals surface area contributed by atoms with Crippen LogP contribution in [0.2, 0.25) is 0 Å². The lowest BCUT2D eigenvalue weighted by molar-refractivity contribution is -0.131. The van der Waals surface area contributed by atoms with E-state index in [2.05, 4.69) is 38.2 Å². The second kappa shape index (κ2) is 9.68. The van der Waals surface area contributed by atoms with Crippen molar-refractivity contribution < 1.29 is 4.79 Å². The molecule has 3 rings (SSSR count). The Balaban J connectivity index is 1.42. The highest BCUT2D eigenvalue weighted by Gasteiger charge is 2.21. The maximum Gasteiger partial charge on any atom is 0.225 e. The van der Waals surface area contributed by atoms with Gasteiger partial charge in [-0.1, -0.05) is 19.1 Å². The average molecular weight is 381 g/mol. The van der Waals surface area contributed by atoms with Crippen molar-refractivity contribution in [2.75, 3.05) is 42.9 Å². The van der Waals surface area contributed by atoms with Crippen LogP contribution in [0.15, 0.2) is 47.7 Å². The number of rotatable bonds is 6. The van der Waals surface area contributed by atoms with Crippen LogP contribution in [0.5, 0.6) is 0 Å². The van der Waals surface area contributed by atoms with Gasteiger partial charge in [0.25, 0.3) is 0 Å².